The van der Waals surface area contributed by atoms with Gasteiger partial charge in [-0.1, -0.05) is 119 Å². The second-order valence-electron chi connectivity index (χ2n) is 11.1. The second-order valence-corrected chi connectivity index (χ2v) is 12.4. The van der Waals surface area contributed by atoms with Crippen molar-refractivity contribution < 1.29 is 0 Å². The van der Waals surface area contributed by atoms with Crippen LogP contribution in [0.2, 0.25) is 5.02 Å². The van der Waals surface area contributed by atoms with Crippen LogP contribution in [-0.2, 0) is 0 Å². The van der Waals surface area contributed by atoms with Crippen LogP contribution in [0, 0.1) is 0 Å². The lowest BCUT2D eigenvalue weighted by atomic mass is 9.96. The van der Waals surface area contributed by atoms with Gasteiger partial charge in [-0.25, -0.2) is 19.7 Å². The summed E-state index contributed by atoms with van der Waals surface area (Å²) in [6, 6.07) is 44.4. The molecule has 1 unspecified atom stereocenters. The van der Waals surface area contributed by atoms with E-state index in [1.54, 1.807) is 0 Å². The summed E-state index contributed by atoms with van der Waals surface area (Å²) in [5, 5.41) is 13.9. The minimum Gasteiger partial charge on any atom is -0.240 e. The van der Waals surface area contributed by atoms with Gasteiger partial charge in [0.2, 0.25) is 5.95 Å². The van der Waals surface area contributed by atoms with Gasteiger partial charge < -0.3 is 0 Å². The Morgan fingerprint density at radius 3 is 2.02 bits per heavy atom. The van der Waals surface area contributed by atoms with Crippen LogP contribution < -0.4 is 5.01 Å². The molecule has 46 heavy (non-hydrogen) atoms. The third-order valence-corrected chi connectivity index (χ3v) is 8.92. The molecule has 5 aromatic carbocycles. The van der Waals surface area contributed by atoms with Gasteiger partial charge in [0.15, 0.2) is 0 Å². The minimum absolute atomic E-state index is 0.223. The molecule has 0 spiro atoms. The molecule has 222 valence electrons. The average Bonchev–Trinajstić information content (AvgIpc) is 3.75. The van der Waals surface area contributed by atoms with Crippen LogP contribution in [-0.4, -0.2) is 25.5 Å². The largest absolute Gasteiger partial charge is 0.247 e. The Bertz CT molecular complexity index is 2200. The van der Waals surface area contributed by atoms with E-state index >= 15 is 0 Å². The van der Waals surface area contributed by atoms with Gasteiger partial charge in [0.1, 0.15) is 0 Å². The summed E-state index contributed by atoms with van der Waals surface area (Å²) in [6.07, 6.45) is 2.76. The number of rotatable bonds is 6. The molecule has 0 saturated carbocycles. The van der Waals surface area contributed by atoms with Crippen molar-refractivity contribution in [3.05, 3.63) is 160 Å². The maximum atomic E-state index is 6.47. The number of benzene rings is 5. The first kappa shape index (κ1) is 28.4. The van der Waals surface area contributed by atoms with Crippen molar-refractivity contribution in [3.8, 4) is 28.2 Å². The molecule has 7 aromatic rings. The van der Waals surface area contributed by atoms with Crippen molar-refractivity contribution in [2.24, 2.45) is 5.10 Å². The number of nitrogens with zero attached hydrogens (tertiary/aromatic N) is 6. The van der Waals surface area contributed by atoms with Crippen LogP contribution in [0.5, 0.6) is 0 Å². The first-order chi connectivity index (χ1) is 22.6. The number of fused-ring (bicyclic) bond motifs is 1. The van der Waals surface area contributed by atoms with Crippen molar-refractivity contribution >= 4 is 50.1 Å². The number of hydrogen-bond acceptors (Lipinski definition) is 5. The topological polar surface area (TPSA) is 59.2 Å². The molecule has 0 fully saturated rings. The van der Waals surface area contributed by atoms with Crippen molar-refractivity contribution in [1.82, 2.24) is 19.7 Å². The van der Waals surface area contributed by atoms with Crippen LogP contribution >= 0.6 is 27.5 Å². The van der Waals surface area contributed by atoms with E-state index in [1.165, 1.54) is 0 Å². The maximum absolute atomic E-state index is 6.47. The molecule has 1 aliphatic heterocycles. The lowest BCUT2D eigenvalue weighted by molar-refractivity contribution is 0.690. The Balaban J connectivity index is 1.34. The molecule has 0 radical (unpaired) electrons. The number of anilines is 1. The van der Waals surface area contributed by atoms with E-state index in [2.05, 4.69) is 70.7 Å². The van der Waals surface area contributed by atoms with Gasteiger partial charge in [-0.15, -0.1) is 0 Å². The fourth-order valence-electron chi connectivity index (χ4n) is 5.93. The molecular weight excluding hydrogens is 656 g/mol. The molecule has 0 aliphatic carbocycles. The zero-order valence-corrected chi connectivity index (χ0v) is 26.8. The van der Waals surface area contributed by atoms with E-state index in [1.807, 2.05) is 94.6 Å². The Morgan fingerprint density at radius 2 is 1.33 bits per heavy atom. The summed E-state index contributed by atoms with van der Waals surface area (Å²) in [5.41, 5.74) is 8.51. The Kier molecular flexibility index (Phi) is 7.40. The number of hydrogen-bond donors (Lipinski definition) is 0. The lowest BCUT2D eigenvalue weighted by Gasteiger charge is -2.23. The van der Waals surface area contributed by atoms with Gasteiger partial charge in [-0.05, 0) is 48.0 Å². The molecule has 0 saturated heterocycles. The summed E-state index contributed by atoms with van der Waals surface area (Å²) in [4.78, 5) is 10.3. The Morgan fingerprint density at radius 1 is 0.674 bits per heavy atom. The van der Waals surface area contributed by atoms with E-state index < -0.39 is 0 Å². The highest BCUT2D eigenvalue weighted by Gasteiger charge is 2.35. The fourth-order valence-corrected chi connectivity index (χ4v) is 6.36. The molecule has 1 atom stereocenters. The quantitative estimate of drug-likeness (QED) is 0.175. The Labute approximate surface area is 279 Å². The second kappa shape index (κ2) is 12.0. The zero-order valence-electron chi connectivity index (χ0n) is 24.5. The third kappa shape index (κ3) is 5.38. The van der Waals surface area contributed by atoms with E-state index in [-0.39, 0.29) is 6.04 Å². The highest BCUT2D eigenvalue weighted by molar-refractivity contribution is 9.10. The fraction of sp³-hybridized carbons (Fsp3) is 0.0526. The van der Waals surface area contributed by atoms with E-state index in [9.17, 15) is 0 Å². The van der Waals surface area contributed by atoms with E-state index in [0.717, 1.165) is 60.4 Å². The Hall–Kier alpha value is -5.11. The summed E-state index contributed by atoms with van der Waals surface area (Å²) in [5.74, 6) is 0.511. The normalized spacial score (nSPS) is 14.5. The summed E-state index contributed by atoms with van der Waals surface area (Å²) < 4.78 is 2.97. The molecule has 6 nitrogen and oxygen atoms in total. The standard InChI is InChI=1S/C38H26BrClN6/c39-28-18-16-25(17-19-28)34-23-35(32-24-45(30-14-8-3-9-15-30)44-37(32)27-12-6-2-7-13-27)46(43-34)38-41-33-21-20-29(40)22-31(33)36(42-38)26-10-4-1-5-11-26/h1-22,24,35H,23H2. The van der Waals surface area contributed by atoms with Crippen LogP contribution in [0.3, 0.4) is 0 Å². The molecule has 0 amide bonds. The van der Waals surface area contributed by atoms with Gasteiger partial charge >= 0.3 is 0 Å². The van der Waals surface area contributed by atoms with Gasteiger partial charge in [0.25, 0.3) is 0 Å². The molecule has 2 aromatic heterocycles. The van der Waals surface area contributed by atoms with Crippen molar-refractivity contribution in [3.63, 3.8) is 0 Å². The summed E-state index contributed by atoms with van der Waals surface area (Å²) in [7, 11) is 0. The lowest BCUT2D eigenvalue weighted by Crippen LogP contribution is -2.21. The first-order valence-electron chi connectivity index (χ1n) is 15.0. The number of para-hydroxylation sites is 1. The molecule has 1 aliphatic rings. The predicted molar refractivity (Wildman–Crippen MR) is 189 cm³/mol. The van der Waals surface area contributed by atoms with Gasteiger partial charge in [-0.3, -0.25) is 0 Å². The monoisotopic (exact) mass is 680 g/mol. The maximum Gasteiger partial charge on any atom is 0.247 e. The van der Waals surface area contributed by atoms with Crippen LogP contribution in [0.1, 0.15) is 23.6 Å². The van der Waals surface area contributed by atoms with Crippen molar-refractivity contribution in [1.29, 1.82) is 0 Å². The van der Waals surface area contributed by atoms with Crippen LogP contribution in [0.25, 0.3) is 39.1 Å². The van der Waals surface area contributed by atoms with Crippen molar-refractivity contribution in [2.75, 3.05) is 5.01 Å². The van der Waals surface area contributed by atoms with Gasteiger partial charge in [0.05, 0.1) is 34.3 Å². The molecule has 0 bridgehead atoms. The average molecular weight is 682 g/mol. The number of aromatic nitrogens is 4. The summed E-state index contributed by atoms with van der Waals surface area (Å²) in [6.45, 7) is 0. The first-order valence-corrected chi connectivity index (χ1v) is 16.1. The van der Waals surface area contributed by atoms with Crippen LogP contribution in [0.15, 0.2) is 149 Å². The van der Waals surface area contributed by atoms with Crippen LogP contribution in [0.4, 0.5) is 5.95 Å². The zero-order chi connectivity index (χ0) is 31.0. The molecule has 8 rings (SSSR count). The third-order valence-electron chi connectivity index (χ3n) is 8.16. The van der Waals surface area contributed by atoms with Gasteiger partial charge in [0, 0.05) is 44.2 Å². The molecule has 0 N–H and O–H groups in total. The SMILES string of the molecule is Clc1ccc2nc(N3N=C(c4ccc(Br)cc4)CC3c3cn(-c4ccccc4)nc3-c3ccccc3)nc(-c3ccccc3)c2c1. The predicted octanol–water partition coefficient (Wildman–Crippen LogP) is 9.92. The molecule has 3 heterocycles. The molecule has 8 heteroatoms. The highest BCUT2D eigenvalue weighted by Crippen LogP contribution is 2.41. The highest BCUT2D eigenvalue weighted by atomic mass is 79.9. The summed E-state index contributed by atoms with van der Waals surface area (Å²) >= 11 is 10.1. The van der Waals surface area contributed by atoms with E-state index in [4.69, 9.17) is 31.8 Å². The van der Waals surface area contributed by atoms with Gasteiger partial charge in [-0.2, -0.15) is 10.2 Å². The number of hydrazone groups is 1. The number of halogens is 2. The minimum atomic E-state index is -0.223. The smallest absolute Gasteiger partial charge is 0.240 e. The molecular formula is C38H26BrClN6. The van der Waals surface area contributed by atoms with E-state index in [0.29, 0.717) is 17.4 Å². The van der Waals surface area contributed by atoms with Crippen molar-refractivity contribution in [2.45, 2.75) is 12.5 Å².